The van der Waals surface area contributed by atoms with Crippen molar-refractivity contribution in [2.24, 2.45) is 0 Å². The van der Waals surface area contributed by atoms with Gasteiger partial charge < -0.3 is 4.74 Å². The van der Waals surface area contributed by atoms with Crippen LogP contribution in [0.2, 0.25) is 0 Å². The van der Waals surface area contributed by atoms with Gasteiger partial charge in [-0.05, 0) is 0 Å². The zero-order valence-corrected chi connectivity index (χ0v) is 5.18. The van der Waals surface area contributed by atoms with Crippen LogP contribution in [0, 0.1) is 0 Å². The molecule has 8 heavy (non-hydrogen) atoms. The lowest BCUT2D eigenvalue weighted by molar-refractivity contribution is 0.148. The van der Waals surface area contributed by atoms with Crippen molar-refractivity contribution in [2.75, 3.05) is 33.4 Å². The second-order valence-electron chi connectivity index (χ2n) is 1.94. The predicted octanol–water partition coefficient (Wildman–Crippen LogP) is -0.547. The fraction of sp³-hybridized carbons (Fsp3) is 1.00. The average Bonchev–Trinajstić information content (AvgIpc) is 1.94. The monoisotopic (exact) mass is 116 g/mol. The van der Waals surface area contributed by atoms with Crippen molar-refractivity contribution in [1.82, 2.24) is 10.4 Å². The lowest BCUT2D eigenvalue weighted by atomic mass is 10.7. The van der Waals surface area contributed by atoms with Crippen LogP contribution in [0.15, 0.2) is 0 Å². The topological polar surface area (TPSA) is 24.5 Å². The van der Waals surface area contributed by atoms with E-state index in [1.165, 1.54) is 0 Å². The van der Waals surface area contributed by atoms with Gasteiger partial charge >= 0.3 is 0 Å². The van der Waals surface area contributed by atoms with Crippen molar-refractivity contribution in [3.63, 3.8) is 0 Å². The van der Waals surface area contributed by atoms with Crippen LogP contribution in [0.25, 0.3) is 0 Å². The van der Waals surface area contributed by atoms with E-state index in [1.807, 2.05) is 12.1 Å². The van der Waals surface area contributed by atoms with Gasteiger partial charge in [-0.15, -0.1) is 0 Å². The average molecular weight is 116 g/mol. The summed E-state index contributed by atoms with van der Waals surface area (Å²) in [5.41, 5.74) is 3.15. The minimum absolute atomic E-state index is 0.838. The molecule has 0 amide bonds. The molecule has 0 saturated carbocycles. The van der Waals surface area contributed by atoms with E-state index < -0.39 is 0 Å². The number of nitrogens with one attached hydrogen (secondary N) is 1. The Morgan fingerprint density at radius 3 is 3.25 bits per heavy atom. The fourth-order valence-corrected chi connectivity index (χ4v) is 0.691. The molecule has 1 N–H and O–H groups in total. The largest absolute Gasteiger partial charge is 0.379 e. The zero-order chi connectivity index (χ0) is 5.82. The Balaban J connectivity index is 2.17. The van der Waals surface area contributed by atoms with Crippen molar-refractivity contribution >= 4 is 0 Å². The van der Waals surface area contributed by atoms with E-state index >= 15 is 0 Å². The third-order valence-electron chi connectivity index (χ3n) is 1.20. The van der Waals surface area contributed by atoms with E-state index in [1.54, 1.807) is 0 Å². The molecule has 0 atom stereocenters. The van der Waals surface area contributed by atoms with Crippen molar-refractivity contribution < 1.29 is 4.74 Å². The van der Waals surface area contributed by atoms with Gasteiger partial charge in [0.1, 0.15) is 0 Å². The summed E-state index contributed by atoms with van der Waals surface area (Å²) in [7, 11) is 2.02. The van der Waals surface area contributed by atoms with Gasteiger partial charge in [0.2, 0.25) is 0 Å². The number of hydrazine groups is 1. The Hall–Kier alpha value is -0.120. The molecule has 0 spiro atoms. The van der Waals surface area contributed by atoms with Crippen LogP contribution in [0.3, 0.4) is 0 Å². The van der Waals surface area contributed by atoms with Crippen molar-refractivity contribution in [2.45, 2.75) is 0 Å². The molecule has 1 rings (SSSR count). The molecule has 1 aliphatic rings. The number of rotatable bonds is 0. The van der Waals surface area contributed by atoms with Gasteiger partial charge in [-0.25, -0.2) is 5.01 Å². The molecule has 0 aromatic rings. The Labute approximate surface area is 49.6 Å². The van der Waals surface area contributed by atoms with Crippen LogP contribution >= 0.6 is 0 Å². The van der Waals surface area contributed by atoms with E-state index in [2.05, 4.69) is 5.43 Å². The standard InChI is InChI=1S/C5H12N2O/c1-7-3-5-8-4-2-6-7/h6H,2-5H2,1H3. The molecule has 3 nitrogen and oxygen atoms in total. The highest BCUT2D eigenvalue weighted by Crippen LogP contribution is 1.83. The minimum atomic E-state index is 0.838. The van der Waals surface area contributed by atoms with Gasteiger partial charge in [0.25, 0.3) is 0 Å². The minimum Gasteiger partial charge on any atom is -0.379 e. The summed E-state index contributed by atoms with van der Waals surface area (Å²) in [5, 5.41) is 2.05. The highest BCUT2D eigenvalue weighted by Gasteiger charge is 2.00. The maximum atomic E-state index is 5.16. The molecule has 48 valence electrons. The molecule has 1 fully saturated rings. The lowest BCUT2D eigenvalue weighted by Crippen LogP contribution is -2.34. The first kappa shape index (κ1) is 6.01. The van der Waals surface area contributed by atoms with Gasteiger partial charge in [-0.3, -0.25) is 5.43 Å². The maximum Gasteiger partial charge on any atom is 0.0608 e. The van der Waals surface area contributed by atoms with Gasteiger partial charge in [0, 0.05) is 20.1 Å². The predicted molar refractivity (Wildman–Crippen MR) is 31.5 cm³/mol. The Morgan fingerprint density at radius 1 is 1.50 bits per heavy atom. The lowest BCUT2D eigenvalue weighted by Gasteiger charge is -2.11. The van der Waals surface area contributed by atoms with Crippen molar-refractivity contribution in [3.05, 3.63) is 0 Å². The van der Waals surface area contributed by atoms with E-state index in [4.69, 9.17) is 4.74 Å². The number of hydrogen-bond acceptors (Lipinski definition) is 3. The summed E-state index contributed by atoms with van der Waals surface area (Å²) in [6.07, 6.45) is 0. The van der Waals surface area contributed by atoms with Crippen LogP contribution in [0.4, 0.5) is 0 Å². The zero-order valence-electron chi connectivity index (χ0n) is 5.18. The molecule has 1 aliphatic heterocycles. The normalized spacial score (nSPS) is 25.1. The van der Waals surface area contributed by atoms with Crippen LogP contribution in [-0.2, 0) is 4.74 Å². The van der Waals surface area contributed by atoms with Crippen LogP contribution in [-0.4, -0.2) is 38.4 Å². The molecule has 3 heteroatoms. The Morgan fingerprint density at radius 2 is 2.38 bits per heavy atom. The highest BCUT2D eigenvalue weighted by atomic mass is 16.5. The van der Waals surface area contributed by atoms with E-state index in [0.29, 0.717) is 0 Å². The molecule has 1 heterocycles. The summed E-state index contributed by atoms with van der Waals surface area (Å²) in [5.74, 6) is 0. The molecule has 0 aromatic heterocycles. The molecule has 0 radical (unpaired) electrons. The van der Waals surface area contributed by atoms with Crippen LogP contribution < -0.4 is 5.43 Å². The molecular formula is C5H12N2O. The second kappa shape index (κ2) is 3.02. The van der Waals surface area contributed by atoms with Crippen molar-refractivity contribution in [1.29, 1.82) is 0 Å². The molecule has 0 bridgehead atoms. The summed E-state index contributed by atoms with van der Waals surface area (Å²) >= 11 is 0. The molecule has 0 aromatic carbocycles. The van der Waals surface area contributed by atoms with Crippen molar-refractivity contribution in [3.8, 4) is 0 Å². The highest BCUT2D eigenvalue weighted by molar-refractivity contribution is 4.48. The smallest absolute Gasteiger partial charge is 0.0608 e. The van der Waals surface area contributed by atoms with Crippen LogP contribution in [0.5, 0.6) is 0 Å². The first-order valence-corrected chi connectivity index (χ1v) is 2.92. The molecular weight excluding hydrogens is 104 g/mol. The first-order valence-electron chi connectivity index (χ1n) is 2.92. The summed E-state index contributed by atoms with van der Waals surface area (Å²) in [4.78, 5) is 0. The fourth-order valence-electron chi connectivity index (χ4n) is 0.691. The SMILES string of the molecule is CN1CCOCCN1. The van der Waals surface area contributed by atoms with Gasteiger partial charge in [-0.2, -0.15) is 0 Å². The number of nitrogens with zero attached hydrogens (tertiary/aromatic N) is 1. The van der Waals surface area contributed by atoms with Gasteiger partial charge in [0.15, 0.2) is 0 Å². The first-order chi connectivity index (χ1) is 3.89. The second-order valence-corrected chi connectivity index (χ2v) is 1.94. The molecule has 0 aliphatic carbocycles. The summed E-state index contributed by atoms with van der Waals surface area (Å²) in [6, 6.07) is 0. The molecule has 0 unspecified atom stereocenters. The van der Waals surface area contributed by atoms with E-state index in [-0.39, 0.29) is 0 Å². The van der Waals surface area contributed by atoms with Crippen LogP contribution in [0.1, 0.15) is 0 Å². The van der Waals surface area contributed by atoms with Gasteiger partial charge in [-0.1, -0.05) is 0 Å². The summed E-state index contributed by atoms with van der Waals surface area (Å²) in [6.45, 7) is 3.62. The number of hydrogen-bond donors (Lipinski definition) is 1. The maximum absolute atomic E-state index is 5.16. The Bertz CT molecular complexity index is 59.4. The Kier molecular flexibility index (Phi) is 2.27. The van der Waals surface area contributed by atoms with E-state index in [0.717, 1.165) is 26.3 Å². The number of ether oxygens (including phenoxy) is 1. The third-order valence-corrected chi connectivity index (χ3v) is 1.20. The summed E-state index contributed by atoms with van der Waals surface area (Å²) < 4.78 is 5.16. The quantitative estimate of drug-likeness (QED) is 0.459. The van der Waals surface area contributed by atoms with Gasteiger partial charge in [0.05, 0.1) is 13.2 Å². The van der Waals surface area contributed by atoms with E-state index in [9.17, 15) is 0 Å². The third kappa shape index (κ3) is 1.78. The number of likely N-dealkylation sites (N-methyl/N-ethyl adjacent to an activating group) is 1. The molecule has 1 saturated heterocycles.